The van der Waals surface area contributed by atoms with Gasteiger partial charge in [-0.1, -0.05) is 18.2 Å². The topological polar surface area (TPSA) is 52.3 Å². The summed E-state index contributed by atoms with van der Waals surface area (Å²) >= 11 is 0. The minimum absolute atomic E-state index is 0.339. The quantitative estimate of drug-likeness (QED) is 0.447. The van der Waals surface area contributed by atoms with Gasteiger partial charge >= 0.3 is 5.97 Å². The molecule has 0 bridgehead atoms. The molecule has 2 N–H and O–H groups in total. The Morgan fingerprint density at radius 1 is 1.42 bits per heavy atom. The summed E-state index contributed by atoms with van der Waals surface area (Å²) in [7, 11) is 0. The summed E-state index contributed by atoms with van der Waals surface area (Å²) in [5, 5.41) is 0. The van der Waals surface area contributed by atoms with Crippen LogP contribution < -0.4 is 10.5 Å². The lowest BCUT2D eigenvalue weighted by Crippen LogP contribution is -2.39. The van der Waals surface area contributed by atoms with Crippen molar-refractivity contribution in [1.29, 1.82) is 0 Å². The summed E-state index contributed by atoms with van der Waals surface area (Å²) in [4.78, 5) is 11.0. The Labute approximate surface area is 70.1 Å². The molecule has 0 aromatic heterocycles. The van der Waals surface area contributed by atoms with Crippen LogP contribution in [0.15, 0.2) is 24.3 Å². The zero-order valence-electron chi connectivity index (χ0n) is 6.49. The summed E-state index contributed by atoms with van der Waals surface area (Å²) in [5.41, 5.74) is 6.52. The van der Waals surface area contributed by atoms with Crippen LogP contribution in [0.5, 0.6) is 5.75 Å². The van der Waals surface area contributed by atoms with Gasteiger partial charge in [-0.25, -0.2) is 4.79 Å². The summed E-state index contributed by atoms with van der Waals surface area (Å²) in [6.45, 7) is 0. The maximum atomic E-state index is 11.0. The van der Waals surface area contributed by atoms with Gasteiger partial charge in [0.05, 0.1) is 0 Å². The third-order valence-electron chi connectivity index (χ3n) is 1.93. The maximum absolute atomic E-state index is 11.0. The van der Waals surface area contributed by atoms with Gasteiger partial charge in [-0.3, -0.25) is 0 Å². The van der Waals surface area contributed by atoms with Crippen molar-refractivity contribution in [3.63, 3.8) is 0 Å². The molecule has 1 heterocycles. The number of carbonyl (C=O) groups is 1. The lowest BCUT2D eigenvalue weighted by atomic mass is 10.0. The van der Waals surface area contributed by atoms with Crippen molar-refractivity contribution in [2.75, 3.05) is 0 Å². The summed E-state index contributed by atoms with van der Waals surface area (Å²) in [5.74, 6) is 0.304. The van der Waals surface area contributed by atoms with E-state index < -0.39 is 6.04 Å². The van der Waals surface area contributed by atoms with Gasteiger partial charge in [-0.05, 0) is 11.6 Å². The number of nitrogens with two attached hydrogens (primary N) is 1. The van der Waals surface area contributed by atoms with Gasteiger partial charge in [-0.2, -0.15) is 0 Å². The molecule has 0 amide bonds. The van der Waals surface area contributed by atoms with Crippen molar-refractivity contribution in [3.05, 3.63) is 29.8 Å². The fourth-order valence-electron chi connectivity index (χ4n) is 1.28. The third-order valence-corrected chi connectivity index (χ3v) is 1.93. The van der Waals surface area contributed by atoms with Crippen LogP contribution in [-0.4, -0.2) is 12.0 Å². The second kappa shape index (κ2) is 2.60. The molecular formula is C9H9NO2. The predicted molar refractivity (Wildman–Crippen MR) is 43.8 cm³/mol. The maximum Gasteiger partial charge on any atom is 0.328 e. The molecule has 2 rings (SSSR count). The number of benzene rings is 1. The van der Waals surface area contributed by atoms with Crippen molar-refractivity contribution in [3.8, 4) is 5.75 Å². The van der Waals surface area contributed by atoms with Gasteiger partial charge in [0.25, 0.3) is 0 Å². The highest BCUT2D eigenvalue weighted by molar-refractivity contribution is 5.80. The SMILES string of the molecule is N[C@H]1Cc2ccccc2OC1=O. The molecule has 1 aliphatic rings. The molecule has 0 fully saturated rings. The first-order valence-electron chi connectivity index (χ1n) is 3.82. The van der Waals surface area contributed by atoms with E-state index in [4.69, 9.17) is 10.5 Å². The van der Waals surface area contributed by atoms with Gasteiger partial charge in [0.2, 0.25) is 0 Å². The fraction of sp³-hybridized carbons (Fsp3) is 0.222. The average Bonchev–Trinajstić information content (AvgIpc) is 2.07. The lowest BCUT2D eigenvalue weighted by Gasteiger charge is -2.19. The molecule has 1 atom stereocenters. The first-order valence-corrected chi connectivity index (χ1v) is 3.82. The van der Waals surface area contributed by atoms with E-state index in [0.29, 0.717) is 12.2 Å². The van der Waals surface area contributed by atoms with E-state index >= 15 is 0 Å². The molecule has 1 aromatic carbocycles. The van der Waals surface area contributed by atoms with Crippen molar-refractivity contribution in [2.45, 2.75) is 12.5 Å². The average molecular weight is 163 g/mol. The Hall–Kier alpha value is -1.35. The Morgan fingerprint density at radius 2 is 2.17 bits per heavy atom. The number of para-hydroxylation sites is 1. The van der Waals surface area contributed by atoms with E-state index in [0.717, 1.165) is 5.56 Å². The molecule has 0 saturated heterocycles. The largest absolute Gasteiger partial charge is 0.425 e. The molecule has 0 spiro atoms. The number of hydrogen-bond acceptors (Lipinski definition) is 3. The van der Waals surface area contributed by atoms with Crippen molar-refractivity contribution < 1.29 is 9.53 Å². The highest BCUT2D eigenvalue weighted by Crippen LogP contribution is 2.23. The molecular weight excluding hydrogens is 154 g/mol. The number of rotatable bonds is 0. The smallest absolute Gasteiger partial charge is 0.328 e. The van der Waals surface area contributed by atoms with Crippen LogP contribution in [0, 0.1) is 0 Å². The van der Waals surface area contributed by atoms with Gasteiger partial charge in [0.1, 0.15) is 11.8 Å². The van der Waals surface area contributed by atoms with E-state index in [1.165, 1.54) is 0 Å². The zero-order chi connectivity index (χ0) is 8.55. The molecule has 3 heteroatoms. The highest BCUT2D eigenvalue weighted by Gasteiger charge is 2.24. The van der Waals surface area contributed by atoms with E-state index in [-0.39, 0.29) is 5.97 Å². The number of esters is 1. The first kappa shape index (κ1) is 7.31. The third kappa shape index (κ3) is 1.08. The van der Waals surface area contributed by atoms with Crippen molar-refractivity contribution in [2.24, 2.45) is 5.73 Å². The van der Waals surface area contributed by atoms with Crippen LogP contribution >= 0.6 is 0 Å². The highest BCUT2D eigenvalue weighted by atomic mass is 16.5. The minimum atomic E-state index is -0.500. The molecule has 0 radical (unpaired) electrons. The summed E-state index contributed by atoms with van der Waals surface area (Å²) < 4.78 is 4.98. The number of hydrogen-bond donors (Lipinski definition) is 1. The zero-order valence-corrected chi connectivity index (χ0v) is 6.49. The summed E-state index contributed by atoms with van der Waals surface area (Å²) in [6, 6.07) is 6.94. The van der Waals surface area contributed by atoms with Crippen molar-refractivity contribution in [1.82, 2.24) is 0 Å². The monoisotopic (exact) mass is 163 g/mol. The molecule has 3 nitrogen and oxygen atoms in total. The number of ether oxygens (including phenoxy) is 1. The minimum Gasteiger partial charge on any atom is -0.425 e. The summed E-state index contributed by atoms with van der Waals surface area (Å²) in [6.07, 6.45) is 0.578. The molecule has 0 unspecified atom stereocenters. The van der Waals surface area contributed by atoms with Crippen LogP contribution in [0.4, 0.5) is 0 Å². The fourth-order valence-corrected chi connectivity index (χ4v) is 1.28. The molecule has 62 valence electrons. The van der Waals surface area contributed by atoms with E-state index in [1.807, 2.05) is 18.2 Å². The van der Waals surface area contributed by atoms with Gasteiger partial charge in [0.15, 0.2) is 0 Å². The number of fused-ring (bicyclic) bond motifs is 1. The van der Waals surface area contributed by atoms with Crippen LogP contribution in [0.2, 0.25) is 0 Å². The van der Waals surface area contributed by atoms with Crippen molar-refractivity contribution >= 4 is 5.97 Å². The van der Waals surface area contributed by atoms with Crippen LogP contribution in [-0.2, 0) is 11.2 Å². The Bertz CT molecular complexity index is 322. The van der Waals surface area contributed by atoms with Gasteiger partial charge in [0, 0.05) is 6.42 Å². The normalized spacial score (nSPS) is 21.4. The first-order chi connectivity index (χ1) is 5.77. The molecule has 1 aliphatic heterocycles. The molecule has 0 saturated carbocycles. The Kier molecular flexibility index (Phi) is 1.59. The van der Waals surface area contributed by atoms with E-state index in [1.54, 1.807) is 6.07 Å². The lowest BCUT2D eigenvalue weighted by molar-refractivity contribution is -0.136. The second-order valence-electron chi connectivity index (χ2n) is 2.84. The van der Waals surface area contributed by atoms with Gasteiger partial charge in [-0.15, -0.1) is 0 Å². The second-order valence-corrected chi connectivity index (χ2v) is 2.84. The predicted octanol–water partition coefficient (Wildman–Crippen LogP) is 0.475. The van der Waals surface area contributed by atoms with Crippen LogP contribution in [0.3, 0.4) is 0 Å². The standard InChI is InChI=1S/C9H9NO2/c10-7-5-6-3-1-2-4-8(6)12-9(7)11/h1-4,7H,5,10H2/t7-/m0/s1. The van der Waals surface area contributed by atoms with Gasteiger partial charge < -0.3 is 10.5 Å². The molecule has 1 aromatic rings. The number of carbonyl (C=O) groups excluding carboxylic acids is 1. The van der Waals surface area contributed by atoms with E-state index in [2.05, 4.69) is 0 Å². The molecule has 0 aliphatic carbocycles. The van der Waals surface area contributed by atoms with Crippen LogP contribution in [0.1, 0.15) is 5.56 Å². The van der Waals surface area contributed by atoms with Crippen LogP contribution in [0.25, 0.3) is 0 Å². The molecule has 12 heavy (non-hydrogen) atoms. The Balaban J connectivity index is 2.40. The van der Waals surface area contributed by atoms with E-state index in [9.17, 15) is 4.79 Å². The Morgan fingerprint density at radius 3 is 3.00 bits per heavy atom.